The molecule has 3 saturated heterocycles. The van der Waals surface area contributed by atoms with Crippen LogP contribution in [0.5, 0.6) is 5.88 Å². The molecule has 0 bridgehead atoms. The number of rotatable bonds is 7. The Morgan fingerprint density at radius 2 is 1.79 bits per heavy atom. The van der Waals surface area contributed by atoms with Gasteiger partial charge in [-0.1, -0.05) is 20.8 Å². The van der Waals surface area contributed by atoms with E-state index >= 15 is 8.78 Å². The van der Waals surface area contributed by atoms with Gasteiger partial charge in [-0.2, -0.15) is 0 Å². The summed E-state index contributed by atoms with van der Waals surface area (Å²) in [5, 5.41) is 5.10. The highest BCUT2D eigenvalue weighted by Crippen LogP contribution is 2.41. The van der Waals surface area contributed by atoms with Crippen LogP contribution in [0, 0.1) is 17.6 Å². The third kappa shape index (κ3) is 8.44. The van der Waals surface area contributed by atoms with Crippen LogP contribution in [0.3, 0.4) is 0 Å². The second kappa shape index (κ2) is 14.7. The molecule has 3 atom stereocenters. The van der Waals surface area contributed by atoms with Gasteiger partial charge in [0, 0.05) is 51.5 Å². The summed E-state index contributed by atoms with van der Waals surface area (Å²) in [5.74, 6) is -1.76. The average molecular weight is 814 g/mol. The van der Waals surface area contributed by atoms with E-state index in [-0.39, 0.29) is 71.7 Å². The van der Waals surface area contributed by atoms with E-state index in [0.29, 0.717) is 50.9 Å². The number of nitrogens with one attached hydrogen (secondary N) is 2. The van der Waals surface area contributed by atoms with Gasteiger partial charge in [0.25, 0.3) is 11.8 Å². The van der Waals surface area contributed by atoms with E-state index in [4.69, 9.17) is 18.6 Å². The first-order chi connectivity index (χ1) is 26.6. The molecule has 0 saturated carbocycles. The Bertz CT molecular complexity index is 1960. The van der Waals surface area contributed by atoms with E-state index in [2.05, 4.69) is 59.4 Å². The van der Waals surface area contributed by atoms with Crippen molar-refractivity contribution in [3.63, 3.8) is 0 Å². The zero-order chi connectivity index (χ0) is 41.2. The number of amides is 4. The molecule has 1 spiro atoms. The predicted molar refractivity (Wildman–Crippen MR) is 208 cm³/mol. The zero-order valence-corrected chi connectivity index (χ0v) is 34.9. The molecule has 5 heterocycles. The van der Waals surface area contributed by atoms with Crippen molar-refractivity contribution in [3.8, 4) is 5.88 Å². The molecule has 7 rings (SSSR count). The van der Waals surface area contributed by atoms with E-state index in [1.807, 2.05) is 0 Å². The van der Waals surface area contributed by atoms with Crippen LogP contribution in [-0.4, -0.2) is 115 Å². The van der Waals surface area contributed by atoms with Crippen molar-refractivity contribution in [1.29, 1.82) is 0 Å². The van der Waals surface area contributed by atoms with E-state index in [1.165, 1.54) is 16.0 Å². The Kier molecular flexibility index (Phi) is 10.5. The minimum atomic E-state index is -2.27. The molecule has 3 fully saturated rings. The van der Waals surface area contributed by atoms with Gasteiger partial charge in [0.15, 0.2) is 26.6 Å². The van der Waals surface area contributed by atoms with Crippen molar-refractivity contribution in [2.45, 2.75) is 115 Å². The van der Waals surface area contributed by atoms with Gasteiger partial charge in [-0.15, -0.1) is 0 Å². The van der Waals surface area contributed by atoms with Crippen LogP contribution in [0.25, 0.3) is 0 Å². The third-order valence-corrected chi connectivity index (χ3v) is 16.5. The first kappa shape index (κ1) is 40.8. The molecule has 57 heavy (non-hydrogen) atoms. The number of benzene rings is 1. The maximum Gasteiger partial charge on any atom is 0.416 e. The molecule has 1 unspecified atom stereocenters. The minimum absolute atomic E-state index is 0.0689. The number of hydrogen-bond acceptors (Lipinski definition) is 11. The van der Waals surface area contributed by atoms with Crippen LogP contribution in [-0.2, 0) is 36.3 Å². The first-order valence-corrected chi connectivity index (χ1v) is 22.5. The van der Waals surface area contributed by atoms with Crippen LogP contribution in [0.15, 0.2) is 12.3 Å². The lowest BCUT2D eigenvalue weighted by Gasteiger charge is -2.38. The second-order valence-corrected chi connectivity index (χ2v) is 23.2. The van der Waals surface area contributed by atoms with Crippen LogP contribution < -0.4 is 20.3 Å². The molecule has 310 valence electrons. The molecule has 5 aliphatic rings. The topological polar surface area (TPSA) is 165 Å². The van der Waals surface area contributed by atoms with Crippen LogP contribution in [0.4, 0.5) is 35.7 Å². The minimum Gasteiger partial charge on any atom is -0.465 e. The Hall–Kier alpha value is -4.42. The molecule has 1 aromatic heterocycles. The Labute approximate surface area is 332 Å². The van der Waals surface area contributed by atoms with E-state index < -0.39 is 61.4 Å². The summed E-state index contributed by atoms with van der Waals surface area (Å²) >= 11 is 0. The number of likely N-dealkylation sites (tertiary alicyclic amines) is 2. The van der Waals surface area contributed by atoms with Gasteiger partial charge in [0.1, 0.15) is 28.9 Å². The fraction of sp³-hybridized carbons (Fsp3) is 0.641. The van der Waals surface area contributed by atoms with E-state index in [1.54, 1.807) is 20.8 Å². The summed E-state index contributed by atoms with van der Waals surface area (Å²) in [5.41, 5.74) is -1.26. The van der Waals surface area contributed by atoms with Gasteiger partial charge >= 0.3 is 12.2 Å². The molecular weight excluding hydrogens is 761 g/mol. The van der Waals surface area contributed by atoms with Gasteiger partial charge in [0.05, 0.1) is 24.5 Å². The number of halogens is 2. The summed E-state index contributed by atoms with van der Waals surface area (Å²) in [7, 11) is -2.27. The molecule has 4 aliphatic heterocycles. The largest absolute Gasteiger partial charge is 0.465 e. The maximum absolute atomic E-state index is 16.2. The Morgan fingerprint density at radius 3 is 2.47 bits per heavy atom. The molecule has 18 heteroatoms. The van der Waals surface area contributed by atoms with E-state index in [9.17, 15) is 19.2 Å². The van der Waals surface area contributed by atoms with Crippen molar-refractivity contribution in [1.82, 2.24) is 19.8 Å². The number of aromatic nitrogens is 2. The smallest absolute Gasteiger partial charge is 0.416 e. The number of hydrogen-bond donors (Lipinski definition) is 2. The molecule has 4 amide bonds. The Morgan fingerprint density at radius 1 is 1.09 bits per heavy atom. The molecule has 15 nitrogen and oxygen atoms in total. The monoisotopic (exact) mass is 813 g/mol. The van der Waals surface area contributed by atoms with Crippen molar-refractivity contribution in [3.05, 3.63) is 35.0 Å². The number of carbonyl (C=O) groups excluding carboxylic acids is 4. The fourth-order valence-corrected chi connectivity index (χ4v) is 9.40. The second-order valence-electron chi connectivity index (χ2n) is 18.5. The molecule has 1 aromatic carbocycles. The van der Waals surface area contributed by atoms with Crippen LogP contribution >= 0.6 is 0 Å². The van der Waals surface area contributed by atoms with Crippen molar-refractivity contribution in [2.24, 2.45) is 5.92 Å². The highest BCUT2D eigenvalue weighted by molar-refractivity contribution is 6.74. The SMILES string of the molecule is CC(C)(C)OC(=O)N1C[C@H](O[Si](C)(C)C(C)(C)C)C[C@H]1C(=O)Nc1cc(F)c2c(c1F)CC(CN1CCC3(CC1)CN(c1cnc4c(n1)NC(=O)CO4)C(=O)O3)C2. The lowest BCUT2D eigenvalue weighted by Crippen LogP contribution is -2.48. The molecule has 2 N–H and O–H groups in total. The van der Waals surface area contributed by atoms with Crippen LogP contribution in [0.1, 0.15) is 71.9 Å². The van der Waals surface area contributed by atoms with Crippen LogP contribution in [0.2, 0.25) is 18.1 Å². The standard InChI is InChI=1S/C39H53F2N7O8Si/c1-37(2,3)54-35(51)47-19-23(56-57(7,8)38(4,5)6)15-28(47)33(50)43-27-16-26(40)24-13-22(14-25(24)31(27)41)18-46-11-9-39(10-12-46)21-48(36(52)55-39)29-17-42-34-32(44-29)45-30(49)20-53-34/h16-17,22-23,28H,9-15,18-21H2,1-8H3,(H,43,50)(H,44,45,49)/t22?,23-,28+/m1/s1. The van der Waals surface area contributed by atoms with Gasteiger partial charge in [-0.25, -0.2) is 28.3 Å². The lowest BCUT2D eigenvalue weighted by molar-refractivity contribution is -0.120. The average Bonchev–Trinajstić information content (AvgIpc) is 3.82. The van der Waals surface area contributed by atoms with Crippen molar-refractivity contribution in [2.75, 3.05) is 54.9 Å². The van der Waals surface area contributed by atoms with Gasteiger partial charge < -0.3 is 34.2 Å². The van der Waals surface area contributed by atoms with Crippen molar-refractivity contribution < 1.29 is 46.6 Å². The molecule has 0 radical (unpaired) electrons. The van der Waals surface area contributed by atoms with Gasteiger partial charge in [-0.3, -0.25) is 19.4 Å². The number of piperidine rings is 1. The van der Waals surface area contributed by atoms with Gasteiger partial charge in [-0.05, 0) is 68.8 Å². The summed E-state index contributed by atoms with van der Waals surface area (Å²) in [6.07, 6.45) is 1.69. The number of ether oxygens (including phenoxy) is 3. The maximum atomic E-state index is 16.2. The number of nitrogens with zero attached hydrogens (tertiary/aromatic N) is 5. The van der Waals surface area contributed by atoms with Gasteiger partial charge in [0.2, 0.25) is 5.91 Å². The predicted octanol–water partition coefficient (Wildman–Crippen LogP) is 5.63. The zero-order valence-electron chi connectivity index (χ0n) is 33.9. The Balaban J connectivity index is 0.973. The lowest BCUT2D eigenvalue weighted by atomic mass is 9.90. The summed E-state index contributed by atoms with van der Waals surface area (Å²) < 4.78 is 55.2. The number of carbonyl (C=O) groups is 4. The normalized spacial score (nSPS) is 23.5. The molecule has 1 aliphatic carbocycles. The number of fused-ring (bicyclic) bond motifs is 2. The third-order valence-electron chi connectivity index (χ3n) is 12.0. The fourth-order valence-electron chi connectivity index (χ4n) is 8.04. The highest BCUT2D eigenvalue weighted by atomic mass is 28.4. The van der Waals surface area contributed by atoms with E-state index in [0.717, 1.165) is 6.07 Å². The molecule has 2 aromatic rings. The van der Waals surface area contributed by atoms with Crippen molar-refractivity contribution >= 4 is 49.6 Å². The summed E-state index contributed by atoms with van der Waals surface area (Å²) in [4.78, 5) is 65.4. The quantitative estimate of drug-likeness (QED) is 0.333. The first-order valence-electron chi connectivity index (χ1n) is 19.6. The highest BCUT2D eigenvalue weighted by Gasteiger charge is 2.49. The number of anilines is 3. The summed E-state index contributed by atoms with van der Waals surface area (Å²) in [6, 6.07) is 0.0266. The summed E-state index contributed by atoms with van der Waals surface area (Å²) in [6.45, 7) is 17.8. The molecular formula is C39H53F2N7O8Si.